The van der Waals surface area contributed by atoms with Gasteiger partial charge in [-0.3, -0.25) is 4.98 Å². The number of hydrogen-bond donors (Lipinski definition) is 0. The van der Waals surface area contributed by atoms with E-state index in [0.717, 1.165) is 22.4 Å². The van der Waals surface area contributed by atoms with Gasteiger partial charge in [-0.2, -0.15) is 0 Å². The lowest BCUT2D eigenvalue weighted by atomic mass is 9.98. The van der Waals surface area contributed by atoms with Gasteiger partial charge in [0.25, 0.3) is 0 Å². The fourth-order valence-corrected chi connectivity index (χ4v) is 8.53. The largest absolute Gasteiger partial charge is 0.309 e. The van der Waals surface area contributed by atoms with Crippen molar-refractivity contribution >= 4 is 43.6 Å². The molecule has 0 aliphatic carbocycles. The molecule has 0 spiro atoms. The van der Waals surface area contributed by atoms with Gasteiger partial charge in [0.15, 0.2) is 0 Å². The molecule has 0 fully saturated rings. The van der Waals surface area contributed by atoms with Gasteiger partial charge in [0, 0.05) is 39.1 Å². The maximum atomic E-state index is 4.55. The Hall–Kier alpha value is -7.49. The van der Waals surface area contributed by atoms with E-state index >= 15 is 0 Å². The lowest BCUT2D eigenvalue weighted by molar-refractivity contribution is 1.17. The van der Waals surface area contributed by atoms with Crippen LogP contribution in [0.1, 0.15) is 0 Å². The first-order chi connectivity index (χ1) is 27.8. The molecule has 0 N–H and O–H groups in total. The lowest BCUT2D eigenvalue weighted by Crippen LogP contribution is -1.96. The molecular weight excluding hydrogens is 679 g/mol. The second kappa shape index (κ2) is 13.1. The normalized spacial score (nSPS) is 11.6. The molecular formula is C53H35N3. The number of nitrogens with zero attached hydrogens (tertiary/aromatic N) is 3. The third-order valence-corrected chi connectivity index (χ3v) is 11.2. The van der Waals surface area contributed by atoms with Crippen molar-refractivity contribution in [3.63, 3.8) is 0 Å². The topological polar surface area (TPSA) is 22.8 Å². The first-order valence-corrected chi connectivity index (χ1v) is 19.1. The van der Waals surface area contributed by atoms with Crippen molar-refractivity contribution in [3.8, 4) is 55.9 Å². The molecule has 11 aromatic rings. The zero-order chi connectivity index (χ0) is 37.0. The van der Waals surface area contributed by atoms with Gasteiger partial charge in [-0.05, 0) is 111 Å². The number of fused-ring (bicyclic) bond motifs is 6. The highest BCUT2D eigenvalue weighted by Gasteiger charge is 2.17. The Morgan fingerprint density at radius 3 is 1.30 bits per heavy atom. The summed E-state index contributed by atoms with van der Waals surface area (Å²) in [4.78, 5) is 4.55. The van der Waals surface area contributed by atoms with Gasteiger partial charge in [0.05, 0.1) is 28.3 Å². The third kappa shape index (κ3) is 5.32. The summed E-state index contributed by atoms with van der Waals surface area (Å²) in [6.07, 6.45) is 3.88. The summed E-state index contributed by atoms with van der Waals surface area (Å²) in [5, 5.41) is 4.86. The first kappa shape index (κ1) is 32.0. The van der Waals surface area contributed by atoms with Crippen LogP contribution in [-0.4, -0.2) is 14.1 Å². The molecule has 0 amide bonds. The lowest BCUT2D eigenvalue weighted by Gasteiger charge is -2.14. The molecule has 0 aliphatic heterocycles. The number of rotatable bonds is 6. The van der Waals surface area contributed by atoms with E-state index < -0.39 is 0 Å². The Labute approximate surface area is 325 Å². The molecule has 0 radical (unpaired) electrons. The van der Waals surface area contributed by atoms with E-state index in [4.69, 9.17) is 0 Å². The summed E-state index contributed by atoms with van der Waals surface area (Å²) in [5.41, 5.74) is 16.5. The molecule has 3 heteroatoms. The minimum Gasteiger partial charge on any atom is -0.309 e. The SMILES string of the molecule is c1ccc(-c2ccc(-n3c4ccc(-c5ccc6c(c5)c5ccccc5n6-c5cc(-c6ccccc6)cc(-c6ccccc6)c5)cc4c4ccncc43)cc2)cc1. The van der Waals surface area contributed by atoms with Gasteiger partial charge in [-0.15, -0.1) is 0 Å². The van der Waals surface area contributed by atoms with Gasteiger partial charge in [-0.25, -0.2) is 0 Å². The monoisotopic (exact) mass is 713 g/mol. The van der Waals surface area contributed by atoms with Crippen LogP contribution in [0.2, 0.25) is 0 Å². The molecule has 262 valence electrons. The quantitative estimate of drug-likeness (QED) is 0.168. The fraction of sp³-hybridized carbons (Fsp3) is 0. The zero-order valence-electron chi connectivity index (χ0n) is 30.5. The Bertz CT molecular complexity index is 3150. The van der Waals surface area contributed by atoms with Crippen molar-refractivity contribution < 1.29 is 0 Å². The van der Waals surface area contributed by atoms with Crippen LogP contribution < -0.4 is 0 Å². The molecule has 3 aromatic heterocycles. The predicted molar refractivity (Wildman–Crippen MR) is 235 cm³/mol. The Kier molecular flexibility index (Phi) is 7.49. The van der Waals surface area contributed by atoms with Crippen LogP contribution in [-0.2, 0) is 0 Å². The van der Waals surface area contributed by atoms with Crippen molar-refractivity contribution in [2.24, 2.45) is 0 Å². The number of hydrogen-bond acceptors (Lipinski definition) is 1. The number of aromatic nitrogens is 3. The average Bonchev–Trinajstić information content (AvgIpc) is 3.79. The summed E-state index contributed by atoms with van der Waals surface area (Å²) in [5.74, 6) is 0. The zero-order valence-corrected chi connectivity index (χ0v) is 30.5. The smallest absolute Gasteiger partial charge is 0.0724 e. The van der Waals surface area contributed by atoms with Gasteiger partial charge in [0.2, 0.25) is 0 Å². The summed E-state index contributed by atoms with van der Waals surface area (Å²) in [6, 6.07) is 72.5. The molecule has 3 nitrogen and oxygen atoms in total. The molecule has 0 saturated heterocycles. The molecule has 11 rings (SSSR count). The summed E-state index contributed by atoms with van der Waals surface area (Å²) < 4.78 is 4.76. The third-order valence-electron chi connectivity index (χ3n) is 11.2. The number of benzene rings is 8. The van der Waals surface area contributed by atoms with Crippen LogP contribution in [0.5, 0.6) is 0 Å². The van der Waals surface area contributed by atoms with E-state index in [1.807, 2.05) is 12.4 Å². The van der Waals surface area contributed by atoms with Crippen LogP contribution in [0.4, 0.5) is 0 Å². The maximum absolute atomic E-state index is 4.55. The number of para-hydroxylation sites is 1. The van der Waals surface area contributed by atoms with Crippen molar-refractivity contribution in [3.05, 3.63) is 213 Å². The molecule has 8 aromatic carbocycles. The van der Waals surface area contributed by atoms with E-state index in [9.17, 15) is 0 Å². The first-order valence-electron chi connectivity index (χ1n) is 19.1. The number of pyridine rings is 1. The Morgan fingerprint density at radius 2 is 0.714 bits per heavy atom. The molecule has 0 saturated carbocycles. The standard InChI is InChI=1S/C53H35N3/c1-4-12-36(13-5-1)39-20-24-44(25-21-39)55-51-26-22-41(34-49(51)47-28-29-54-35-53(47)55)40-23-27-52-48(33-40)46-18-10-11-19-50(46)56(52)45-31-42(37-14-6-2-7-15-37)30-43(32-45)38-16-8-3-9-17-38/h1-35H. The minimum atomic E-state index is 1.10. The Morgan fingerprint density at radius 1 is 0.268 bits per heavy atom. The molecule has 3 heterocycles. The van der Waals surface area contributed by atoms with E-state index in [2.05, 4.69) is 214 Å². The van der Waals surface area contributed by atoms with Crippen LogP contribution >= 0.6 is 0 Å². The maximum Gasteiger partial charge on any atom is 0.0724 e. The van der Waals surface area contributed by atoms with Crippen molar-refractivity contribution in [2.75, 3.05) is 0 Å². The minimum absolute atomic E-state index is 1.10. The highest BCUT2D eigenvalue weighted by molar-refractivity contribution is 6.12. The van der Waals surface area contributed by atoms with Gasteiger partial charge < -0.3 is 9.13 Å². The second-order valence-corrected chi connectivity index (χ2v) is 14.5. The van der Waals surface area contributed by atoms with Crippen LogP contribution in [0.3, 0.4) is 0 Å². The van der Waals surface area contributed by atoms with E-state index in [1.165, 1.54) is 77.1 Å². The molecule has 0 unspecified atom stereocenters. The summed E-state index contributed by atoms with van der Waals surface area (Å²) in [6.45, 7) is 0. The van der Waals surface area contributed by atoms with Gasteiger partial charge in [0.1, 0.15) is 0 Å². The van der Waals surface area contributed by atoms with Crippen LogP contribution in [0.15, 0.2) is 213 Å². The molecule has 0 bridgehead atoms. The Balaban J connectivity index is 1.06. The van der Waals surface area contributed by atoms with E-state index in [1.54, 1.807) is 0 Å². The highest BCUT2D eigenvalue weighted by Crippen LogP contribution is 2.40. The van der Waals surface area contributed by atoms with Crippen LogP contribution in [0, 0.1) is 0 Å². The van der Waals surface area contributed by atoms with E-state index in [0.29, 0.717) is 0 Å². The van der Waals surface area contributed by atoms with Crippen LogP contribution in [0.25, 0.3) is 99.5 Å². The second-order valence-electron chi connectivity index (χ2n) is 14.5. The summed E-state index contributed by atoms with van der Waals surface area (Å²) >= 11 is 0. The highest BCUT2D eigenvalue weighted by atomic mass is 15.0. The average molecular weight is 714 g/mol. The van der Waals surface area contributed by atoms with E-state index in [-0.39, 0.29) is 0 Å². The predicted octanol–water partition coefficient (Wildman–Crippen LogP) is 13.9. The van der Waals surface area contributed by atoms with Crippen molar-refractivity contribution in [1.82, 2.24) is 14.1 Å². The van der Waals surface area contributed by atoms with Crippen molar-refractivity contribution in [1.29, 1.82) is 0 Å². The van der Waals surface area contributed by atoms with Gasteiger partial charge >= 0.3 is 0 Å². The molecule has 56 heavy (non-hydrogen) atoms. The fourth-order valence-electron chi connectivity index (χ4n) is 8.53. The summed E-state index contributed by atoms with van der Waals surface area (Å²) in [7, 11) is 0. The molecule has 0 atom stereocenters. The van der Waals surface area contributed by atoms with Crippen molar-refractivity contribution in [2.45, 2.75) is 0 Å². The van der Waals surface area contributed by atoms with Gasteiger partial charge in [-0.1, -0.05) is 133 Å². The molecule has 0 aliphatic rings.